The van der Waals surface area contributed by atoms with Gasteiger partial charge in [-0.15, -0.1) is 0 Å². The highest BCUT2D eigenvalue weighted by Gasteiger charge is 2.38. The summed E-state index contributed by atoms with van der Waals surface area (Å²) in [5.41, 5.74) is 0.537. The van der Waals surface area contributed by atoms with Crippen LogP contribution in [-0.2, 0) is 14.8 Å². The molecule has 0 bridgehead atoms. The molecule has 0 N–H and O–H groups in total. The van der Waals surface area contributed by atoms with Crippen molar-refractivity contribution in [1.82, 2.24) is 0 Å². The van der Waals surface area contributed by atoms with Crippen molar-refractivity contribution in [2.45, 2.75) is 32.6 Å². The molecule has 0 fully saturated rings. The van der Waals surface area contributed by atoms with Crippen LogP contribution in [0.1, 0.15) is 43.6 Å². The van der Waals surface area contributed by atoms with E-state index < -0.39 is 21.4 Å². The van der Waals surface area contributed by atoms with E-state index in [1.807, 2.05) is 20.8 Å². The second-order valence-electron chi connectivity index (χ2n) is 5.56. The number of hydrogen-bond acceptors (Lipinski definition) is 4. The zero-order valence-corrected chi connectivity index (χ0v) is 12.7. The lowest BCUT2D eigenvalue weighted by Crippen LogP contribution is -2.23. The molecule has 1 aliphatic rings. The average Bonchev–Trinajstić information content (AvgIpc) is 2.62. The first-order chi connectivity index (χ1) is 9.18. The van der Waals surface area contributed by atoms with Crippen LogP contribution in [0.3, 0.4) is 0 Å². The Morgan fingerprint density at radius 1 is 1.30 bits per heavy atom. The van der Waals surface area contributed by atoms with E-state index in [4.69, 9.17) is 4.74 Å². The molecule has 0 radical (unpaired) electrons. The van der Waals surface area contributed by atoms with Crippen molar-refractivity contribution in [2.75, 3.05) is 6.61 Å². The van der Waals surface area contributed by atoms with Crippen molar-refractivity contribution >= 4 is 21.7 Å². The molecular weight excluding hydrogens is 278 g/mol. The van der Waals surface area contributed by atoms with Gasteiger partial charge in [-0.25, -0.2) is 4.79 Å². The van der Waals surface area contributed by atoms with Gasteiger partial charge in [0, 0.05) is 11.0 Å². The van der Waals surface area contributed by atoms with Gasteiger partial charge in [0.2, 0.25) is 0 Å². The van der Waals surface area contributed by atoms with Crippen molar-refractivity contribution < 1.29 is 17.9 Å². The highest BCUT2D eigenvalue weighted by molar-refractivity contribution is 7.90. The van der Waals surface area contributed by atoms with Gasteiger partial charge in [0.05, 0.1) is 22.8 Å². The molecule has 1 heterocycles. The Morgan fingerprint density at radius 3 is 2.50 bits per heavy atom. The fourth-order valence-corrected chi connectivity index (χ4v) is 3.52. The van der Waals surface area contributed by atoms with Crippen LogP contribution >= 0.6 is 0 Å². The second-order valence-corrected chi connectivity index (χ2v) is 7.14. The van der Waals surface area contributed by atoms with Crippen LogP contribution in [0, 0.1) is 5.41 Å². The average molecular weight is 295 g/mol. The number of rotatable bonds is 2. The number of hydrogen-bond donors (Lipinski definition) is 0. The molecule has 2 rings (SSSR count). The molecule has 1 aromatic rings. The molecule has 0 atom stereocenters. The molecular formula is C14H17NO4S. The molecule has 0 spiro atoms. The molecule has 0 aliphatic carbocycles. The Bertz CT molecular complexity index is 696. The van der Waals surface area contributed by atoms with Gasteiger partial charge in [-0.2, -0.15) is 12.8 Å². The number of carbonyl (C=O) groups excluding carboxylic acids is 1. The Morgan fingerprint density at radius 2 is 1.95 bits per heavy atom. The van der Waals surface area contributed by atoms with Gasteiger partial charge >= 0.3 is 5.97 Å². The summed E-state index contributed by atoms with van der Waals surface area (Å²) in [5, 5.41) is 0. The molecule has 5 nitrogen and oxygen atoms in total. The van der Waals surface area contributed by atoms with Crippen molar-refractivity contribution in [3.8, 4) is 0 Å². The minimum Gasteiger partial charge on any atom is -0.462 e. The van der Waals surface area contributed by atoms with Gasteiger partial charge < -0.3 is 4.74 Å². The summed E-state index contributed by atoms with van der Waals surface area (Å²) in [5.74, 6) is -0.529. The number of benzene rings is 1. The Kier molecular flexibility index (Phi) is 3.46. The van der Waals surface area contributed by atoms with Crippen LogP contribution in [0.25, 0.3) is 0 Å². The first-order valence-corrected chi connectivity index (χ1v) is 7.78. The number of nitrogens with zero attached hydrogens (tertiary/aromatic N) is 1. The number of esters is 1. The molecule has 108 valence electrons. The summed E-state index contributed by atoms with van der Waals surface area (Å²) in [6.45, 7) is 7.52. The third-order valence-corrected chi connectivity index (χ3v) is 4.28. The first-order valence-electron chi connectivity index (χ1n) is 6.34. The van der Waals surface area contributed by atoms with Crippen molar-refractivity contribution in [3.63, 3.8) is 0 Å². The minimum absolute atomic E-state index is 0.0768. The summed E-state index contributed by atoms with van der Waals surface area (Å²) in [6.07, 6.45) is 0. The summed E-state index contributed by atoms with van der Waals surface area (Å²) in [6, 6.07) is 4.57. The topological polar surface area (TPSA) is 72.8 Å². The highest BCUT2D eigenvalue weighted by atomic mass is 32.2. The lowest BCUT2D eigenvalue weighted by molar-refractivity contribution is 0.0526. The number of carbonyl (C=O) groups is 1. The largest absolute Gasteiger partial charge is 0.462 e. The van der Waals surface area contributed by atoms with Crippen molar-refractivity contribution in [2.24, 2.45) is 9.81 Å². The van der Waals surface area contributed by atoms with E-state index in [1.165, 1.54) is 12.1 Å². The maximum atomic E-state index is 12.1. The molecule has 0 amide bonds. The monoisotopic (exact) mass is 295 g/mol. The van der Waals surface area contributed by atoms with Gasteiger partial charge in [-0.3, -0.25) is 0 Å². The fourth-order valence-electron chi connectivity index (χ4n) is 2.10. The maximum absolute atomic E-state index is 12.1. The first kappa shape index (κ1) is 14.7. The van der Waals surface area contributed by atoms with Crippen LogP contribution in [0.4, 0.5) is 0 Å². The molecule has 6 heteroatoms. The number of ether oxygens (including phenoxy) is 1. The van der Waals surface area contributed by atoms with E-state index >= 15 is 0 Å². The molecule has 0 saturated carbocycles. The molecule has 1 aromatic carbocycles. The van der Waals surface area contributed by atoms with Gasteiger partial charge in [0.1, 0.15) is 0 Å². The van der Waals surface area contributed by atoms with Gasteiger partial charge in [-0.05, 0) is 19.1 Å². The Hall–Kier alpha value is -1.69. The zero-order chi connectivity index (χ0) is 15.1. The van der Waals surface area contributed by atoms with Crippen LogP contribution in [0.2, 0.25) is 0 Å². The van der Waals surface area contributed by atoms with Crippen LogP contribution in [-0.4, -0.2) is 26.7 Å². The third kappa shape index (κ3) is 2.35. The summed E-state index contributed by atoms with van der Waals surface area (Å²) in [7, 11) is -3.73. The normalized spacial score (nSPS) is 16.5. The number of fused-ring (bicyclic) bond motifs is 1. The van der Waals surface area contributed by atoms with E-state index in [9.17, 15) is 13.2 Å². The van der Waals surface area contributed by atoms with Crippen molar-refractivity contribution in [1.29, 1.82) is 0 Å². The minimum atomic E-state index is -3.73. The Labute approximate surface area is 118 Å². The smallest absolute Gasteiger partial charge is 0.338 e. The van der Waals surface area contributed by atoms with Crippen LogP contribution in [0.15, 0.2) is 27.5 Å². The van der Waals surface area contributed by atoms with Gasteiger partial charge in [0.15, 0.2) is 0 Å². The zero-order valence-electron chi connectivity index (χ0n) is 11.9. The van der Waals surface area contributed by atoms with Crippen LogP contribution < -0.4 is 0 Å². The van der Waals surface area contributed by atoms with Gasteiger partial charge in [0.25, 0.3) is 10.0 Å². The maximum Gasteiger partial charge on any atom is 0.338 e. The summed E-state index contributed by atoms with van der Waals surface area (Å²) in [4.78, 5) is 12.1. The van der Waals surface area contributed by atoms with Gasteiger partial charge in [-0.1, -0.05) is 26.8 Å². The summed E-state index contributed by atoms with van der Waals surface area (Å²) >= 11 is 0. The fraction of sp³-hybridized carbons (Fsp3) is 0.429. The quantitative estimate of drug-likeness (QED) is 0.785. The molecule has 1 aliphatic heterocycles. The number of sulfonamides is 1. The highest BCUT2D eigenvalue weighted by Crippen LogP contribution is 2.36. The van der Waals surface area contributed by atoms with E-state index in [2.05, 4.69) is 4.40 Å². The van der Waals surface area contributed by atoms with Crippen LogP contribution in [0.5, 0.6) is 0 Å². The van der Waals surface area contributed by atoms with E-state index in [-0.39, 0.29) is 17.1 Å². The van der Waals surface area contributed by atoms with E-state index in [1.54, 1.807) is 13.0 Å². The molecule has 0 aromatic heterocycles. The summed E-state index contributed by atoms with van der Waals surface area (Å²) < 4.78 is 33.0. The lowest BCUT2D eigenvalue weighted by Gasteiger charge is -2.20. The third-order valence-electron chi connectivity index (χ3n) is 2.96. The SMILES string of the molecule is CCOC(=O)c1cccc2c1C(C(C)(C)C)=NS2(=O)=O. The molecule has 20 heavy (non-hydrogen) atoms. The van der Waals surface area contributed by atoms with E-state index in [0.717, 1.165) is 0 Å². The van der Waals surface area contributed by atoms with E-state index in [0.29, 0.717) is 11.3 Å². The molecule has 0 unspecified atom stereocenters. The predicted molar refractivity (Wildman–Crippen MR) is 75.6 cm³/mol. The predicted octanol–water partition coefficient (Wildman–Crippen LogP) is 2.40. The standard InChI is InChI=1S/C14H17NO4S/c1-5-19-13(16)9-7-6-8-10-11(9)12(14(2,3)4)15-20(10,17)18/h6-8H,5H2,1-4H3. The Balaban J connectivity index is 2.73. The van der Waals surface area contributed by atoms with Crippen molar-refractivity contribution in [3.05, 3.63) is 29.3 Å². The molecule has 0 saturated heterocycles. The second kappa shape index (κ2) is 4.70. The lowest BCUT2D eigenvalue weighted by atomic mass is 9.84.